The standard InChI is InChI=1S/C21H15NO2S/c23-20(15-9-3-1-4-10-15)22-18-14-8-7-13-17(18)19(21(22)24)25-16-11-5-2-6-12-16/h1-14,19H. The molecule has 4 rings (SSSR count). The number of fused-ring (bicyclic) bond motifs is 1. The van der Waals surface area contributed by atoms with Gasteiger partial charge in [0.2, 0.25) is 0 Å². The van der Waals surface area contributed by atoms with Gasteiger partial charge in [-0.1, -0.05) is 54.6 Å². The van der Waals surface area contributed by atoms with Crippen molar-refractivity contribution in [1.29, 1.82) is 0 Å². The summed E-state index contributed by atoms with van der Waals surface area (Å²) in [5.74, 6) is -0.474. The predicted octanol–water partition coefficient (Wildman–Crippen LogP) is 4.71. The van der Waals surface area contributed by atoms with E-state index in [9.17, 15) is 9.59 Å². The van der Waals surface area contributed by atoms with Crippen LogP contribution in [0.25, 0.3) is 0 Å². The minimum Gasteiger partial charge on any atom is -0.272 e. The van der Waals surface area contributed by atoms with Crippen molar-refractivity contribution in [3.05, 3.63) is 96.1 Å². The molecule has 1 unspecified atom stereocenters. The minimum absolute atomic E-state index is 0.191. The monoisotopic (exact) mass is 345 g/mol. The molecule has 0 radical (unpaired) electrons. The third kappa shape index (κ3) is 2.85. The lowest BCUT2D eigenvalue weighted by Gasteiger charge is -2.16. The van der Waals surface area contributed by atoms with Crippen molar-refractivity contribution < 1.29 is 9.59 Å². The van der Waals surface area contributed by atoms with Gasteiger partial charge >= 0.3 is 0 Å². The molecule has 25 heavy (non-hydrogen) atoms. The summed E-state index contributed by atoms with van der Waals surface area (Å²) in [6.07, 6.45) is 0. The molecular weight excluding hydrogens is 330 g/mol. The topological polar surface area (TPSA) is 37.4 Å². The molecule has 3 aromatic carbocycles. The number of benzene rings is 3. The Hall–Kier alpha value is -2.85. The first-order chi connectivity index (χ1) is 12.3. The first-order valence-corrected chi connectivity index (χ1v) is 8.87. The fourth-order valence-corrected chi connectivity index (χ4v) is 4.07. The number of hydrogen-bond donors (Lipinski definition) is 0. The molecule has 0 saturated heterocycles. The highest BCUT2D eigenvalue weighted by Gasteiger charge is 2.41. The van der Waals surface area contributed by atoms with Gasteiger partial charge in [-0.05, 0) is 35.9 Å². The van der Waals surface area contributed by atoms with Crippen molar-refractivity contribution in [2.24, 2.45) is 0 Å². The van der Waals surface area contributed by atoms with Crippen LogP contribution >= 0.6 is 11.8 Å². The SMILES string of the molecule is O=C(c1ccccc1)N1C(=O)C(Sc2ccccc2)c2ccccc21. The molecule has 2 amide bonds. The first-order valence-electron chi connectivity index (χ1n) is 7.99. The molecule has 0 spiro atoms. The van der Waals surface area contributed by atoms with Crippen LogP contribution in [-0.2, 0) is 4.79 Å². The van der Waals surface area contributed by atoms with E-state index in [4.69, 9.17) is 0 Å². The Labute approximate surface area is 150 Å². The third-order valence-electron chi connectivity index (χ3n) is 4.13. The van der Waals surface area contributed by atoms with Crippen LogP contribution in [0, 0.1) is 0 Å². The summed E-state index contributed by atoms with van der Waals surface area (Å²) in [4.78, 5) is 28.3. The van der Waals surface area contributed by atoms with Crippen molar-refractivity contribution >= 4 is 29.3 Å². The van der Waals surface area contributed by atoms with Crippen LogP contribution in [0.5, 0.6) is 0 Å². The van der Waals surface area contributed by atoms with Gasteiger partial charge in [0.1, 0.15) is 5.25 Å². The van der Waals surface area contributed by atoms with Crippen molar-refractivity contribution in [2.75, 3.05) is 4.90 Å². The van der Waals surface area contributed by atoms with Crippen LogP contribution in [0.4, 0.5) is 5.69 Å². The quantitative estimate of drug-likeness (QED) is 0.645. The van der Waals surface area contributed by atoms with E-state index in [0.29, 0.717) is 11.3 Å². The van der Waals surface area contributed by atoms with Gasteiger partial charge < -0.3 is 0 Å². The highest BCUT2D eigenvalue weighted by molar-refractivity contribution is 8.00. The lowest BCUT2D eigenvalue weighted by Crippen LogP contribution is -2.34. The summed E-state index contributed by atoms with van der Waals surface area (Å²) in [7, 11) is 0. The molecule has 3 nitrogen and oxygen atoms in total. The van der Waals surface area contributed by atoms with Crippen molar-refractivity contribution in [1.82, 2.24) is 0 Å². The van der Waals surface area contributed by atoms with E-state index in [1.165, 1.54) is 16.7 Å². The summed E-state index contributed by atoms with van der Waals surface area (Å²) in [6.45, 7) is 0. The summed E-state index contributed by atoms with van der Waals surface area (Å²) in [6, 6.07) is 26.2. The molecule has 0 N–H and O–H groups in total. The molecule has 0 aliphatic carbocycles. The van der Waals surface area contributed by atoms with Gasteiger partial charge in [-0.2, -0.15) is 0 Å². The maximum atomic E-state index is 13.1. The molecule has 3 aromatic rings. The largest absolute Gasteiger partial charge is 0.272 e. The van der Waals surface area contributed by atoms with Crippen LogP contribution in [-0.4, -0.2) is 11.8 Å². The van der Waals surface area contributed by atoms with Crippen molar-refractivity contribution in [3.8, 4) is 0 Å². The number of nitrogens with zero attached hydrogens (tertiary/aromatic N) is 1. The molecule has 0 aromatic heterocycles. The van der Waals surface area contributed by atoms with Gasteiger partial charge in [0.05, 0.1) is 5.69 Å². The Bertz CT molecular complexity index is 925. The molecule has 0 saturated carbocycles. The molecular formula is C21H15NO2S. The first kappa shape index (κ1) is 15.7. The van der Waals surface area contributed by atoms with Crippen LogP contribution in [0.1, 0.15) is 21.2 Å². The molecule has 0 fully saturated rings. The Balaban J connectivity index is 1.73. The highest BCUT2D eigenvalue weighted by Crippen LogP contribution is 2.46. The van der Waals surface area contributed by atoms with Gasteiger partial charge in [-0.15, -0.1) is 11.8 Å². The van der Waals surface area contributed by atoms with E-state index in [0.717, 1.165) is 10.5 Å². The van der Waals surface area contributed by atoms with E-state index >= 15 is 0 Å². The fraction of sp³-hybridized carbons (Fsp3) is 0.0476. The summed E-state index contributed by atoms with van der Waals surface area (Å²) in [5.41, 5.74) is 2.07. The second-order valence-corrected chi connectivity index (χ2v) is 6.89. The average molecular weight is 345 g/mol. The number of hydrogen-bond acceptors (Lipinski definition) is 3. The lowest BCUT2D eigenvalue weighted by atomic mass is 10.1. The number of carbonyl (C=O) groups is 2. The van der Waals surface area contributed by atoms with Gasteiger partial charge in [0.25, 0.3) is 11.8 Å². The molecule has 1 aliphatic heterocycles. The number of carbonyl (C=O) groups excluding carboxylic acids is 2. The summed E-state index contributed by atoms with van der Waals surface area (Å²) >= 11 is 1.47. The predicted molar refractivity (Wildman–Crippen MR) is 99.7 cm³/mol. The van der Waals surface area contributed by atoms with Gasteiger partial charge in [0, 0.05) is 10.5 Å². The third-order valence-corrected chi connectivity index (χ3v) is 5.36. The van der Waals surface area contributed by atoms with Crippen molar-refractivity contribution in [3.63, 3.8) is 0 Å². The second kappa shape index (κ2) is 6.57. The maximum Gasteiger partial charge on any atom is 0.265 e. The Morgan fingerprint density at radius 2 is 1.40 bits per heavy atom. The lowest BCUT2D eigenvalue weighted by molar-refractivity contribution is -0.117. The summed E-state index contributed by atoms with van der Waals surface area (Å²) < 4.78 is 0. The molecule has 0 bridgehead atoms. The van der Waals surface area contributed by atoms with Gasteiger partial charge in [-0.3, -0.25) is 9.59 Å². The molecule has 4 heteroatoms. The molecule has 1 atom stereocenters. The number of thioether (sulfide) groups is 1. The van der Waals surface area contributed by atoms with E-state index < -0.39 is 5.25 Å². The Morgan fingerprint density at radius 1 is 0.800 bits per heavy atom. The molecule has 1 heterocycles. The van der Waals surface area contributed by atoms with Crippen LogP contribution < -0.4 is 4.90 Å². The zero-order chi connectivity index (χ0) is 17.2. The average Bonchev–Trinajstić information content (AvgIpc) is 2.95. The van der Waals surface area contributed by atoms with E-state index in [1.54, 1.807) is 24.3 Å². The normalized spacial score (nSPS) is 15.9. The van der Waals surface area contributed by atoms with Gasteiger partial charge in [-0.25, -0.2) is 4.90 Å². The molecule has 1 aliphatic rings. The van der Waals surface area contributed by atoms with Gasteiger partial charge in [0.15, 0.2) is 0 Å². The van der Waals surface area contributed by atoms with Crippen LogP contribution in [0.3, 0.4) is 0 Å². The number of rotatable bonds is 3. The number of anilines is 1. The van der Waals surface area contributed by atoms with E-state index in [-0.39, 0.29) is 11.8 Å². The van der Waals surface area contributed by atoms with Crippen LogP contribution in [0.15, 0.2) is 89.8 Å². The van der Waals surface area contributed by atoms with Crippen LogP contribution in [0.2, 0.25) is 0 Å². The summed E-state index contributed by atoms with van der Waals surface area (Å²) in [5, 5.41) is -0.411. The van der Waals surface area contributed by atoms with E-state index in [1.807, 2.05) is 60.7 Å². The highest BCUT2D eigenvalue weighted by atomic mass is 32.2. The Kier molecular flexibility index (Phi) is 4.12. The smallest absolute Gasteiger partial charge is 0.265 e. The molecule has 122 valence electrons. The van der Waals surface area contributed by atoms with Crippen molar-refractivity contribution in [2.45, 2.75) is 10.1 Å². The van der Waals surface area contributed by atoms with E-state index in [2.05, 4.69) is 0 Å². The Morgan fingerprint density at radius 3 is 2.12 bits per heavy atom. The zero-order valence-corrected chi connectivity index (χ0v) is 14.1. The number of amides is 2. The number of para-hydroxylation sites is 1. The minimum atomic E-state index is -0.411. The number of imide groups is 1. The fourth-order valence-electron chi connectivity index (χ4n) is 2.95. The second-order valence-electron chi connectivity index (χ2n) is 5.71. The zero-order valence-electron chi connectivity index (χ0n) is 13.3. The maximum absolute atomic E-state index is 13.1.